The lowest BCUT2D eigenvalue weighted by Crippen LogP contribution is -2.22. The zero-order valence-electron chi connectivity index (χ0n) is 11.1. The average Bonchev–Trinajstić information content (AvgIpc) is 2.49. The average molecular weight is 345 g/mol. The Kier molecular flexibility index (Phi) is 5.34. The van der Waals surface area contributed by atoms with Crippen LogP contribution in [0.3, 0.4) is 0 Å². The number of ether oxygens (including phenoxy) is 1. The SMILES string of the molecule is COC(=O)C(Nc1ccccc1Cl)c1cccc(Cl)c1Cl. The van der Waals surface area contributed by atoms with Crippen LogP contribution >= 0.6 is 34.8 Å². The van der Waals surface area contributed by atoms with Gasteiger partial charge in [0.05, 0.1) is 27.9 Å². The Morgan fingerprint density at radius 1 is 1.05 bits per heavy atom. The quantitative estimate of drug-likeness (QED) is 0.796. The van der Waals surface area contributed by atoms with Crippen molar-refractivity contribution < 1.29 is 9.53 Å². The number of para-hydroxylation sites is 1. The highest BCUT2D eigenvalue weighted by atomic mass is 35.5. The number of hydrogen-bond acceptors (Lipinski definition) is 3. The van der Waals surface area contributed by atoms with E-state index in [1.165, 1.54) is 7.11 Å². The lowest BCUT2D eigenvalue weighted by Gasteiger charge is -2.20. The second kappa shape index (κ2) is 7.03. The molecule has 0 aliphatic rings. The summed E-state index contributed by atoms with van der Waals surface area (Å²) in [4.78, 5) is 12.1. The third kappa shape index (κ3) is 3.62. The molecule has 6 heteroatoms. The maximum atomic E-state index is 12.1. The van der Waals surface area contributed by atoms with Gasteiger partial charge in [0.25, 0.3) is 0 Å². The first-order valence-electron chi connectivity index (χ1n) is 6.07. The molecule has 2 aromatic carbocycles. The molecule has 0 heterocycles. The highest BCUT2D eigenvalue weighted by molar-refractivity contribution is 6.42. The molecule has 0 bridgehead atoms. The van der Waals surface area contributed by atoms with Crippen molar-refractivity contribution in [1.82, 2.24) is 0 Å². The normalized spacial score (nSPS) is 11.8. The second-order valence-electron chi connectivity index (χ2n) is 4.22. The summed E-state index contributed by atoms with van der Waals surface area (Å²) < 4.78 is 4.83. The predicted molar refractivity (Wildman–Crippen MR) is 86.3 cm³/mol. The van der Waals surface area contributed by atoms with Gasteiger partial charge in [0, 0.05) is 5.56 Å². The van der Waals surface area contributed by atoms with Crippen LogP contribution in [-0.2, 0) is 9.53 Å². The first-order chi connectivity index (χ1) is 10.0. The summed E-state index contributed by atoms with van der Waals surface area (Å²) >= 11 is 18.3. The van der Waals surface area contributed by atoms with E-state index in [-0.39, 0.29) is 0 Å². The minimum atomic E-state index is -0.805. The highest BCUT2D eigenvalue weighted by Crippen LogP contribution is 2.33. The van der Waals surface area contributed by atoms with Gasteiger partial charge in [-0.1, -0.05) is 59.1 Å². The van der Waals surface area contributed by atoms with E-state index in [1.807, 2.05) is 6.07 Å². The fraction of sp³-hybridized carbons (Fsp3) is 0.133. The standard InChI is InChI=1S/C15H12Cl3NO2/c1-21-15(20)14(9-5-4-7-11(17)13(9)18)19-12-8-3-2-6-10(12)16/h2-8,14,19H,1H3. The smallest absolute Gasteiger partial charge is 0.333 e. The number of halogens is 3. The van der Waals surface area contributed by atoms with E-state index in [9.17, 15) is 4.79 Å². The molecule has 2 rings (SSSR count). The predicted octanol–water partition coefficient (Wildman–Crippen LogP) is 4.97. The van der Waals surface area contributed by atoms with Crippen LogP contribution in [0.5, 0.6) is 0 Å². The Morgan fingerprint density at radius 3 is 2.38 bits per heavy atom. The van der Waals surface area contributed by atoms with Crippen LogP contribution in [-0.4, -0.2) is 13.1 Å². The third-order valence-corrected chi connectivity index (χ3v) is 4.07. The van der Waals surface area contributed by atoms with Crippen molar-refractivity contribution >= 4 is 46.5 Å². The van der Waals surface area contributed by atoms with E-state index in [0.717, 1.165) is 0 Å². The summed E-state index contributed by atoms with van der Waals surface area (Å²) in [6.07, 6.45) is 0. The summed E-state index contributed by atoms with van der Waals surface area (Å²) in [6.45, 7) is 0. The number of esters is 1. The molecule has 0 radical (unpaired) electrons. The van der Waals surface area contributed by atoms with E-state index in [1.54, 1.807) is 36.4 Å². The number of carbonyl (C=O) groups excluding carboxylic acids is 1. The van der Waals surface area contributed by atoms with Gasteiger partial charge in [-0.05, 0) is 18.2 Å². The van der Waals surface area contributed by atoms with Crippen LogP contribution in [0.2, 0.25) is 15.1 Å². The van der Waals surface area contributed by atoms with Crippen molar-refractivity contribution in [2.24, 2.45) is 0 Å². The molecule has 0 saturated heterocycles. The molecule has 0 saturated carbocycles. The molecule has 0 fully saturated rings. The summed E-state index contributed by atoms with van der Waals surface area (Å²) in [5.74, 6) is -0.487. The fourth-order valence-electron chi connectivity index (χ4n) is 1.86. The lowest BCUT2D eigenvalue weighted by atomic mass is 10.1. The van der Waals surface area contributed by atoms with E-state index < -0.39 is 12.0 Å². The Bertz CT molecular complexity index is 661. The number of anilines is 1. The fourth-order valence-corrected chi connectivity index (χ4v) is 2.47. The molecule has 3 nitrogen and oxygen atoms in total. The molecule has 0 aliphatic heterocycles. The van der Waals surface area contributed by atoms with E-state index in [2.05, 4.69) is 5.32 Å². The number of rotatable bonds is 4. The highest BCUT2D eigenvalue weighted by Gasteiger charge is 2.25. The van der Waals surface area contributed by atoms with Crippen LogP contribution in [0.1, 0.15) is 11.6 Å². The summed E-state index contributed by atoms with van der Waals surface area (Å²) in [5.41, 5.74) is 1.13. The van der Waals surface area contributed by atoms with Crippen molar-refractivity contribution in [3.05, 3.63) is 63.1 Å². The number of benzene rings is 2. The molecule has 0 aromatic heterocycles. The van der Waals surface area contributed by atoms with Gasteiger partial charge in [-0.15, -0.1) is 0 Å². The van der Waals surface area contributed by atoms with Crippen molar-refractivity contribution in [2.45, 2.75) is 6.04 Å². The van der Waals surface area contributed by atoms with Gasteiger partial charge < -0.3 is 10.1 Å². The summed E-state index contributed by atoms with van der Waals surface area (Å²) in [5, 5.41) is 4.19. The molecule has 0 aliphatic carbocycles. The van der Waals surface area contributed by atoms with Crippen LogP contribution in [0.4, 0.5) is 5.69 Å². The van der Waals surface area contributed by atoms with Crippen molar-refractivity contribution in [3.8, 4) is 0 Å². The van der Waals surface area contributed by atoms with Gasteiger partial charge in [-0.3, -0.25) is 0 Å². The van der Waals surface area contributed by atoms with E-state index in [0.29, 0.717) is 26.3 Å². The van der Waals surface area contributed by atoms with E-state index in [4.69, 9.17) is 39.5 Å². The molecule has 0 amide bonds. The second-order valence-corrected chi connectivity index (χ2v) is 5.42. The van der Waals surface area contributed by atoms with Gasteiger partial charge in [0.2, 0.25) is 0 Å². The Hall–Kier alpha value is -1.42. The van der Waals surface area contributed by atoms with Gasteiger partial charge >= 0.3 is 5.97 Å². The van der Waals surface area contributed by atoms with Crippen LogP contribution < -0.4 is 5.32 Å². The molecule has 1 atom stereocenters. The Morgan fingerprint density at radius 2 is 1.71 bits per heavy atom. The number of carbonyl (C=O) groups is 1. The van der Waals surface area contributed by atoms with Gasteiger partial charge in [-0.25, -0.2) is 4.79 Å². The number of methoxy groups -OCH3 is 1. The van der Waals surface area contributed by atoms with Crippen molar-refractivity contribution in [1.29, 1.82) is 0 Å². The first-order valence-corrected chi connectivity index (χ1v) is 7.20. The largest absolute Gasteiger partial charge is 0.467 e. The Labute approximate surface area is 137 Å². The number of hydrogen-bond donors (Lipinski definition) is 1. The summed E-state index contributed by atoms with van der Waals surface area (Å²) in [7, 11) is 1.31. The monoisotopic (exact) mass is 343 g/mol. The van der Waals surface area contributed by atoms with Crippen LogP contribution in [0, 0.1) is 0 Å². The van der Waals surface area contributed by atoms with Crippen molar-refractivity contribution in [2.75, 3.05) is 12.4 Å². The zero-order chi connectivity index (χ0) is 15.4. The lowest BCUT2D eigenvalue weighted by molar-refractivity contribution is -0.141. The van der Waals surface area contributed by atoms with Crippen molar-refractivity contribution in [3.63, 3.8) is 0 Å². The van der Waals surface area contributed by atoms with Gasteiger partial charge in [-0.2, -0.15) is 0 Å². The molecule has 2 aromatic rings. The van der Waals surface area contributed by atoms with E-state index >= 15 is 0 Å². The minimum Gasteiger partial charge on any atom is -0.467 e. The molecule has 0 spiro atoms. The maximum absolute atomic E-state index is 12.1. The number of nitrogens with one attached hydrogen (secondary N) is 1. The molecule has 110 valence electrons. The topological polar surface area (TPSA) is 38.3 Å². The molecule has 1 unspecified atom stereocenters. The maximum Gasteiger partial charge on any atom is 0.333 e. The first kappa shape index (κ1) is 16.0. The Balaban J connectivity index is 2.42. The molecule has 21 heavy (non-hydrogen) atoms. The molecular weight excluding hydrogens is 333 g/mol. The minimum absolute atomic E-state index is 0.300. The van der Waals surface area contributed by atoms with Gasteiger partial charge in [0.1, 0.15) is 0 Å². The summed E-state index contributed by atoms with van der Waals surface area (Å²) in [6, 6.07) is 11.4. The van der Waals surface area contributed by atoms with Gasteiger partial charge in [0.15, 0.2) is 6.04 Å². The zero-order valence-corrected chi connectivity index (χ0v) is 13.3. The van der Waals surface area contributed by atoms with Crippen LogP contribution in [0.25, 0.3) is 0 Å². The molecule has 1 N–H and O–H groups in total. The molecular formula is C15H12Cl3NO2. The third-order valence-electron chi connectivity index (χ3n) is 2.90. The van der Waals surface area contributed by atoms with Crippen LogP contribution in [0.15, 0.2) is 42.5 Å².